The summed E-state index contributed by atoms with van der Waals surface area (Å²) in [4.78, 5) is 21.8. The van der Waals surface area contributed by atoms with Crippen LogP contribution in [0.25, 0.3) is 0 Å². The molecule has 6 heteroatoms. The molecule has 6 nitrogen and oxygen atoms in total. The van der Waals surface area contributed by atoms with E-state index in [-0.39, 0.29) is 0 Å². The summed E-state index contributed by atoms with van der Waals surface area (Å²) in [5, 5.41) is 10.9. The van der Waals surface area contributed by atoms with Gasteiger partial charge in [-0.1, -0.05) is 6.42 Å². The first-order valence-corrected chi connectivity index (χ1v) is 4.98. The van der Waals surface area contributed by atoms with Gasteiger partial charge in [0.25, 0.3) is 0 Å². The highest BCUT2D eigenvalue weighted by atomic mass is 16.4. The quantitative estimate of drug-likeness (QED) is 0.409. The molecule has 1 unspecified atom stereocenters. The van der Waals surface area contributed by atoms with Gasteiger partial charge in [0.15, 0.2) is 0 Å². The first-order valence-electron chi connectivity index (χ1n) is 4.98. The van der Waals surface area contributed by atoms with Gasteiger partial charge in [0.1, 0.15) is 6.04 Å². The Hall–Kier alpha value is -1.14. The molecule has 0 saturated heterocycles. The molecule has 0 radical (unpaired) electrons. The average molecular weight is 217 g/mol. The van der Waals surface area contributed by atoms with Crippen molar-refractivity contribution in [3.63, 3.8) is 0 Å². The van der Waals surface area contributed by atoms with Crippen LogP contribution in [0.15, 0.2) is 0 Å². The third-order valence-corrected chi connectivity index (χ3v) is 2.04. The van der Waals surface area contributed by atoms with E-state index in [9.17, 15) is 9.59 Å². The molecule has 88 valence electrons. The molecule has 2 atom stereocenters. The fraction of sp³-hybridized carbons (Fsp3) is 0.778. The molecule has 0 aromatic rings. The van der Waals surface area contributed by atoms with E-state index in [1.165, 1.54) is 6.92 Å². The van der Waals surface area contributed by atoms with Crippen LogP contribution in [0.3, 0.4) is 0 Å². The predicted molar refractivity (Wildman–Crippen MR) is 56.1 cm³/mol. The third-order valence-electron chi connectivity index (χ3n) is 2.04. The van der Waals surface area contributed by atoms with E-state index in [0.717, 1.165) is 12.8 Å². The van der Waals surface area contributed by atoms with Gasteiger partial charge in [0.05, 0.1) is 6.04 Å². The highest BCUT2D eigenvalue weighted by Gasteiger charge is 2.18. The summed E-state index contributed by atoms with van der Waals surface area (Å²) in [6, 6.07) is -1.56. The third kappa shape index (κ3) is 6.03. The van der Waals surface area contributed by atoms with E-state index in [2.05, 4.69) is 5.32 Å². The fourth-order valence-electron chi connectivity index (χ4n) is 1.02. The number of carboxylic acid groups (broad SMARTS) is 1. The largest absolute Gasteiger partial charge is 0.480 e. The standard InChI is InChI=1S/C9H19N3O3/c1-6(9(14)15)12-8(13)7(11)4-2-3-5-10/h6-7H,2-5,10-11H2,1H3,(H,12,13)(H,14,15)/t6?,7-/m0/s1. The number of aliphatic carboxylic acids is 1. The molecule has 0 aliphatic heterocycles. The maximum atomic E-state index is 11.3. The van der Waals surface area contributed by atoms with Crippen molar-refractivity contribution < 1.29 is 14.7 Å². The summed E-state index contributed by atoms with van der Waals surface area (Å²) in [6.07, 6.45) is 2.11. The van der Waals surface area contributed by atoms with E-state index < -0.39 is 24.0 Å². The van der Waals surface area contributed by atoms with Gasteiger partial charge in [-0.05, 0) is 26.3 Å². The Balaban J connectivity index is 3.83. The smallest absolute Gasteiger partial charge is 0.325 e. The van der Waals surface area contributed by atoms with E-state index in [4.69, 9.17) is 16.6 Å². The van der Waals surface area contributed by atoms with Crippen LogP contribution >= 0.6 is 0 Å². The van der Waals surface area contributed by atoms with Crippen molar-refractivity contribution in [3.05, 3.63) is 0 Å². The van der Waals surface area contributed by atoms with E-state index >= 15 is 0 Å². The van der Waals surface area contributed by atoms with E-state index in [1.807, 2.05) is 0 Å². The molecule has 0 aliphatic rings. The van der Waals surface area contributed by atoms with Gasteiger partial charge in [0.2, 0.25) is 5.91 Å². The van der Waals surface area contributed by atoms with Crippen LogP contribution in [0.5, 0.6) is 0 Å². The van der Waals surface area contributed by atoms with E-state index in [0.29, 0.717) is 13.0 Å². The summed E-state index contributed by atoms with van der Waals surface area (Å²) in [7, 11) is 0. The SMILES string of the molecule is CC(NC(=O)[C@@H](N)CCCCN)C(=O)O. The van der Waals surface area contributed by atoms with E-state index in [1.54, 1.807) is 0 Å². The van der Waals surface area contributed by atoms with Crippen LogP contribution in [-0.2, 0) is 9.59 Å². The molecule has 0 heterocycles. The molecule has 0 aromatic heterocycles. The Labute approximate surface area is 89.0 Å². The summed E-state index contributed by atoms with van der Waals surface area (Å²) < 4.78 is 0. The van der Waals surface area contributed by atoms with Gasteiger partial charge in [0, 0.05) is 0 Å². The van der Waals surface area contributed by atoms with Gasteiger partial charge in [-0.3, -0.25) is 9.59 Å². The second kappa shape index (κ2) is 7.19. The van der Waals surface area contributed by atoms with Crippen LogP contribution in [0.4, 0.5) is 0 Å². The lowest BCUT2D eigenvalue weighted by Gasteiger charge is -2.14. The van der Waals surface area contributed by atoms with Crippen molar-refractivity contribution in [1.82, 2.24) is 5.32 Å². The molecule has 0 saturated carbocycles. The van der Waals surface area contributed by atoms with Gasteiger partial charge < -0.3 is 21.9 Å². The summed E-state index contributed by atoms with van der Waals surface area (Å²) in [5.74, 6) is -1.50. The topological polar surface area (TPSA) is 118 Å². The number of carboxylic acids is 1. The molecule has 1 amide bonds. The van der Waals surface area contributed by atoms with Gasteiger partial charge in [-0.15, -0.1) is 0 Å². The number of nitrogens with two attached hydrogens (primary N) is 2. The van der Waals surface area contributed by atoms with Crippen LogP contribution in [-0.4, -0.2) is 35.6 Å². The Morgan fingerprint density at radius 3 is 2.47 bits per heavy atom. The number of hydrogen-bond donors (Lipinski definition) is 4. The molecule has 15 heavy (non-hydrogen) atoms. The zero-order valence-corrected chi connectivity index (χ0v) is 8.90. The van der Waals surface area contributed by atoms with Crippen molar-refractivity contribution in [2.75, 3.05) is 6.54 Å². The van der Waals surface area contributed by atoms with Crippen LogP contribution in [0.2, 0.25) is 0 Å². The first-order chi connectivity index (χ1) is 6.99. The first kappa shape index (κ1) is 13.9. The second-order valence-electron chi connectivity index (χ2n) is 3.46. The molecule has 0 rings (SSSR count). The van der Waals surface area contributed by atoms with Crippen LogP contribution in [0.1, 0.15) is 26.2 Å². The fourth-order valence-corrected chi connectivity index (χ4v) is 1.02. The number of carbonyl (C=O) groups is 2. The zero-order chi connectivity index (χ0) is 11.8. The van der Waals surface area contributed by atoms with Crippen molar-refractivity contribution in [2.45, 2.75) is 38.3 Å². The Bertz CT molecular complexity index is 221. The van der Waals surface area contributed by atoms with Crippen molar-refractivity contribution in [1.29, 1.82) is 0 Å². The van der Waals surface area contributed by atoms with Gasteiger partial charge in [-0.2, -0.15) is 0 Å². The lowest BCUT2D eigenvalue weighted by Crippen LogP contribution is -2.47. The monoisotopic (exact) mass is 217 g/mol. The number of amides is 1. The number of unbranched alkanes of at least 4 members (excludes halogenated alkanes) is 1. The highest BCUT2D eigenvalue weighted by molar-refractivity contribution is 5.86. The molecular formula is C9H19N3O3. The molecule has 6 N–H and O–H groups in total. The molecule has 0 fully saturated rings. The number of carbonyl (C=O) groups excluding carboxylic acids is 1. The summed E-state index contributed by atoms with van der Waals surface area (Å²) in [6.45, 7) is 1.96. The number of nitrogens with one attached hydrogen (secondary N) is 1. The zero-order valence-electron chi connectivity index (χ0n) is 8.90. The van der Waals surface area contributed by atoms with Gasteiger partial charge >= 0.3 is 5.97 Å². The Morgan fingerprint density at radius 2 is 2.00 bits per heavy atom. The lowest BCUT2D eigenvalue weighted by molar-refractivity contribution is -0.141. The Morgan fingerprint density at radius 1 is 1.40 bits per heavy atom. The maximum absolute atomic E-state index is 11.3. The lowest BCUT2D eigenvalue weighted by atomic mass is 10.1. The van der Waals surface area contributed by atoms with Crippen LogP contribution in [0, 0.1) is 0 Å². The minimum Gasteiger partial charge on any atom is -0.480 e. The number of hydrogen-bond acceptors (Lipinski definition) is 4. The van der Waals surface area contributed by atoms with Crippen molar-refractivity contribution in [3.8, 4) is 0 Å². The molecular weight excluding hydrogens is 198 g/mol. The summed E-state index contributed by atoms with van der Waals surface area (Å²) in [5.41, 5.74) is 10.9. The minimum atomic E-state index is -1.07. The highest BCUT2D eigenvalue weighted by Crippen LogP contribution is 1.98. The van der Waals surface area contributed by atoms with Crippen molar-refractivity contribution in [2.24, 2.45) is 11.5 Å². The molecule has 0 spiro atoms. The molecule has 0 bridgehead atoms. The summed E-state index contributed by atoms with van der Waals surface area (Å²) >= 11 is 0. The molecule has 0 aliphatic carbocycles. The predicted octanol–water partition coefficient (Wildman–Crippen LogP) is -0.968. The normalized spacial score (nSPS) is 14.3. The second-order valence-corrected chi connectivity index (χ2v) is 3.46. The molecule has 0 aromatic carbocycles. The maximum Gasteiger partial charge on any atom is 0.325 e. The van der Waals surface area contributed by atoms with Crippen molar-refractivity contribution >= 4 is 11.9 Å². The van der Waals surface area contributed by atoms with Crippen LogP contribution < -0.4 is 16.8 Å². The number of rotatable bonds is 7. The van der Waals surface area contributed by atoms with Gasteiger partial charge in [-0.25, -0.2) is 0 Å². The minimum absolute atomic E-state index is 0.429. The Kier molecular flexibility index (Phi) is 6.64. The average Bonchev–Trinajstić information content (AvgIpc) is 2.17.